The van der Waals surface area contributed by atoms with Crippen molar-refractivity contribution in [2.75, 3.05) is 26.7 Å². The number of benzene rings is 1. The molecule has 6 heteroatoms. The van der Waals surface area contributed by atoms with Crippen molar-refractivity contribution >= 4 is 17.5 Å². The van der Waals surface area contributed by atoms with Crippen LogP contribution in [0.25, 0.3) is 0 Å². The number of nitrogens with zero attached hydrogens (tertiary/aromatic N) is 4. The van der Waals surface area contributed by atoms with Crippen LogP contribution in [-0.2, 0) is 7.05 Å². The normalized spacial score (nSPS) is 26.8. The minimum absolute atomic E-state index is 0.0514. The summed E-state index contributed by atoms with van der Waals surface area (Å²) < 4.78 is 1.59. The zero-order valence-corrected chi connectivity index (χ0v) is 14.6. The van der Waals surface area contributed by atoms with Gasteiger partial charge in [-0.1, -0.05) is 41.9 Å². The average Bonchev–Trinajstić information content (AvgIpc) is 3.19. The van der Waals surface area contributed by atoms with Crippen molar-refractivity contribution in [3.8, 4) is 0 Å². The van der Waals surface area contributed by atoms with Crippen LogP contribution in [0.2, 0.25) is 5.02 Å². The quantitative estimate of drug-likeness (QED) is 0.840. The second-order valence-electron chi connectivity index (χ2n) is 6.93. The molecule has 0 saturated carbocycles. The van der Waals surface area contributed by atoms with Crippen LogP contribution < -0.4 is 0 Å². The third-order valence-electron chi connectivity index (χ3n) is 5.31. The Hall–Kier alpha value is -1.85. The fourth-order valence-corrected chi connectivity index (χ4v) is 4.59. The van der Waals surface area contributed by atoms with Gasteiger partial charge in [0, 0.05) is 44.8 Å². The molecule has 1 aromatic heterocycles. The van der Waals surface area contributed by atoms with Crippen molar-refractivity contribution in [3.63, 3.8) is 0 Å². The molecule has 2 aliphatic heterocycles. The number of fused-ring (bicyclic) bond motifs is 1. The van der Waals surface area contributed by atoms with E-state index < -0.39 is 0 Å². The van der Waals surface area contributed by atoms with Gasteiger partial charge in [-0.15, -0.1) is 0 Å². The summed E-state index contributed by atoms with van der Waals surface area (Å²) in [5.41, 5.74) is 1.70. The smallest absolute Gasteiger partial charge is 0.275 e. The zero-order chi connectivity index (χ0) is 16.8. The van der Waals surface area contributed by atoms with E-state index in [1.165, 1.54) is 5.56 Å². The molecule has 0 unspecified atom stereocenters. The first-order chi connectivity index (χ1) is 11.5. The highest BCUT2D eigenvalue weighted by Crippen LogP contribution is 2.44. The monoisotopic (exact) mass is 344 g/mol. The molecular weight excluding hydrogens is 324 g/mol. The third-order valence-corrected chi connectivity index (χ3v) is 5.59. The van der Waals surface area contributed by atoms with E-state index in [2.05, 4.69) is 41.3 Å². The SMILES string of the molecule is CN1C[C@H]2CN(C(=O)c3nn(C)cc3Cl)C[C@H]2[C@@H]1c1ccccc1. The molecule has 1 amide bonds. The fraction of sp³-hybridized carbons (Fsp3) is 0.444. The number of hydrogen-bond acceptors (Lipinski definition) is 3. The zero-order valence-electron chi connectivity index (χ0n) is 13.9. The molecular formula is C18H21ClN4O. The molecule has 1 aromatic carbocycles. The summed E-state index contributed by atoms with van der Waals surface area (Å²) in [7, 11) is 3.96. The second kappa shape index (κ2) is 5.90. The molecule has 0 N–H and O–H groups in total. The van der Waals surface area contributed by atoms with Crippen molar-refractivity contribution in [2.24, 2.45) is 18.9 Å². The molecule has 0 bridgehead atoms. The molecule has 0 aliphatic carbocycles. The van der Waals surface area contributed by atoms with Gasteiger partial charge in [0.2, 0.25) is 0 Å². The van der Waals surface area contributed by atoms with Crippen LogP contribution in [0.15, 0.2) is 36.5 Å². The predicted octanol–water partition coefficient (Wildman–Crippen LogP) is 2.45. The van der Waals surface area contributed by atoms with E-state index in [0.29, 0.717) is 28.6 Å². The van der Waals surface area contributed by atoms with Crippen molar-refractivity contribution in [3.05, 3.63) is 52.8 Å². The van der Waals surface area contributed by atoms with Crippen LogP contribution in [0.1, 0.15) is 22.1 Å². The van der Waals surface area contributed by atoms with Gasteiger partial charge in [-0.05, 0) is 18.5 Å². The van der Waals surface area contributed by atoms with E-state index in [-0.39, 0.29) is 5.91 Å². The van der Waals surface area contributed by atoms with Crippen LogP contribution in [0.4, 0.5) is 0 Å². The van der Waals surface area contributed by atoms with Gasteiger partial charge in [-0.2, -0.15) is 5.10 Å². The lowest BCUT2D eigenvalue weighted by molar-refractivity contribution is 0.0761. The highest BCUT2D eigenvalue weighted by molar-refractivity contribution is 6.33. The summed E-state index contributed by atoms with van der Waals surface area (Å²) in [5, 5.41) is 4.65. The first kappa shape index (κ1) is 15.7. The maximum atomic E-state index is 12.8. The number of rotatable bonds is 2. The Bertz CT molecular complexity index is 760. The lowest BCUT2D eigenvalue weighted by Crippen LogP contribution is -2.33. The Labute approximate surface area is 146 Å². The van der Waals surface area contributed by atoms with E-state index in [9.17, 15) is 4.79 Å². The number of carbonyl (C=O) groups excluding carboxylic acids is 1. The topological polar surface area (TPSA) is 41.4 Å². The van der Waals surface area contributed by atoms with Crippen molar-refractivity contribution in [1.29, 1.82) is 0 Å². The van der Waals surface area contributed by atoms with Crippen LogP contribution >= 0.6 is 11.6 Å². The van der Waals surface area contributed by atoms with E-state index in [0.717, 1.165) is 19.6 Å². The number of aryl methyl sites for hydroxylation is 1. The highest BCUT2D eigenvalue weighted by atomic mass is 35.5. The van der Waals surface area contributed by atoms with E-state index in [1.54, 1.807) is 17.9 Å². The Balaban J connectivity index is 1.56. The second-order valence-corrected chi connectivity index (χ2v) is 7.34. The summed E-state index contributed by atoms with van der Waals surface area (Å²) in [6.07, 6.45) is 1.67. The van der Waals surface area contributed by atoms with Gasteiger partial charge in [0.05, 0.1) is 5.02 Å². The molecule has 2 aromatic rings. The summed E-state index contributed by atoms with van der Waals surface area (Å²) in [4.78, 5) is 17.1. The van der Waals surface area contributed by atoms with Gasteiger partial charge in [0.1, 0.15) is 0 Å². The molecule has 126 valence electrons. The van der Waals surface area contributed by atoms with Crippen LogP contribution in [-0.4, -0.2) is 52.2 Å². The van der Waals surface area contributed by atoms with Crippen molar-refractivity contribution in [2.45, 2.75) is 6.04 Å². The molecule has 24 heavy (non-hydrogen) atoms. The lowest BCUT2D eigenvalue weighted by Gasteiger charge is -2.26. The Morgan fingerprint density at radius 1 is 1.17 bits per heavy atom. The third kappa shape index (κ3) is 2.52. The predicted molar refractivity (Wildman–Crippen MR) is 92.9 cm³/mol. The van der Waals surface area contributed by atoms with Crippen molar-refractivity contribution in [1.82, 2.24) is 19.6 Å². The van der Waals surface area contributed by atoms with Crippen LogP contribution in [0.3, 0.4) is 0 Å². The number of hydrogen-bond donors (Lipinski definition) is 0. The van der Waals surface area contributed by atoms with Gasteiger partial charge < -0.3 is 4.90 Å². The van der Waals surface area contributed by atoms with Crippen molar-refractivity contribution < 1.29 is 4.79 Å². The molecule has 3 atom stereocenters. The molecule has 2 fully saturated rings. The summed E-state index contributed by atoms with van der Waals surface area (Å²) in [5.74, 6) is 0.917. The Morgan fingerprint density at radius 2 is 1.92 bits per heavy atom. The van der Waals surface area contributed by atoms with Gasteiger partial charge >= 0.3 is 0 Å². The number of likely N-dealkylation sites (tertiary alicyclic amines) is 2. The van der Waals surface area contributed by atoms with Crippen LogP contribution in [0, 0.1) is 11.8 Å². The van der Waals surface area contributed by atoms with Gasteiger partial charge in [-0.3, -0.25) is 14.4 Å². The highest BCUT2D eigenvalue weighted by Gasteiger charge is 2.47. The molecule has 2 saturated heterocycles. The number of aromatic nitrogens is 2. The Kier molecular flexibility index (Phi) is 3.85. The maximum Gasteiger partial charge on any atom is 0.275 e. The summed E-state index contributed by atoms with van der Waals surface area (Å²) in [6, 6.07) is 11.0. The summed E-state index contributed by atoms with van der Waals surface area (Å²) >= 11 is 6.15. The first-order valence-corrected chi connectivity index (χ1v) is 8.66. The number of amides is 1. The maximum absolute atomic E-state index is 12.8. The molecule has 0 spiro atoms. The minimum Gasteiger partial charge on any atom is -0.337 e. The van der Waals surface area contributed by atoms with E-state index >= 15 is 0 Å². The first-order valence-electron chi connectivity index (χ1n) is 8.28. The van der Waals surface area contributed by atoms with E-state index in [1.807, 2.05) is 11.0 Å². The average molecular weight is 345 g/mol. The Morgan fingerprint density at radius 3 is 2.58 bits per heavy atom. The molecule has 4 rings (SSSR count). The summed E-state index contributed by atoms with van der Waals surface area (Å²) in [6.45, 7) is 2.56. The van der Waals surface area contributed by atoms with Crippen LogP contribution in [0.5, 0.6) is 0 Å². The molecule has 2 aliphatic rings. The van der Waals surface area contributed by atoms with Gasteiger partial charge in [0.25, 0.3) is 5.91 Å². The standard InChI is InChI=1S/C18H21ClN4O/c1-21-8-13-9-23(18(24)16-15(19)11-22(2)20-16)10-14(13)17(21)12-6-4-3-5-7-12/h3-7,11,13-14,17H,8-10H2,1-2H3/t13-,14+,17-/m0/s1. The number of halogens is 1. The lowest BCUT2D eigenvalue weighted by atomic mass is 9.90. The van der Waals surface area contributed by atoms with Gasteiger partial charge in [0.15, 0.2) is 5.69 Å². The number of carbonyl (C=O) groups is 1. The van der Waals surface area contributed by atoms with Gasteiger partial charge in [-0.25, -0.2) is 0 Å². The van der Waals surface area contributed by atoms with E-state index in [4.69, 9.17) is 11.6 Å². The largest absolute Gasteiger partial charge is 0.337 e. The molecule has 3 heterocycles. The molecule has 5 nitrogen and oxygen atoms in total. The fourth-order valence-electron chi connectivity index (χ4n) is 4.33. The molecule has 0 radical (unpaired) electrons. The minimum atomic E-state index is -0.0514.